The minimum atomic E-state index is -1.10. The number of hydrogen-bond acceptors (Lipinski definition) is 15. The summed E-state index contributed by atoms with van der Waals surface area (Å²) in [6, 6.07) is 8.98. The molecule has 2 aliphatic rings. The molecular formula is C47H62N4O14. The van der Waals surface area contributed by atoms with Crippen LogP contribution in [-0.4, -0.2) is 132 Å². The number of hydrogen-bond donors (Lipinski definition) is 1. The number of carboxylic acids is 1. The van der Waals surface area contributed by atoms with Crippen LogP contribution in [0.1, 0.15) is 79.4 Å². The van der Waals surface area contributed by atoms with Crippen molar-refractivity contribution in [3.63, 3.8) is 0 Å². The molecule has 354 valence electrons. The molecule has 2 aromatic heterocycles. The number of amides is 2. The number of rotatable bonds is 12. The molecule has 0 aliphatic carbocycles. The van der Waals surface area contributed by atoms with Crippen molar-refractivity contribution in [1.82, 2.24) is 19.8 Å². The van der Waals surface area contributed by atoms with Gasteiger partial charge in [-0.3, -0.25) is 9.80 Å². The first-order valence-corrected chi connectivity index (χ1v) is 21.5. The van der Waals surface area contributed by atoms with Gasteiger partial charge in [0, 0.05) is 46.9 Å². The van der Waals surface area contributed by atoms with Gasteiger partial charge in [0.15, 0.2) is 0 Å². The van der Waals surface area contributed by atoms with Gasteiger partial charge in [-0.05, 0) is 93.5 Å². The smallest absolute Gasteiger partial charge is 0.411 e. The predicted molar refractivity (Wildman–Crippen MR) is 240 cm³/mol. The fourth-order valence-corrected chi connectivity index (χ4v) is 7.56. The van der Waals surface area contributed by atoms with Crippen molar-refractivity contribution in [3.05, 3.63) is 47.5 Å². The third-order valence-corrected chi connectivity index (χ3v) is 10.4. The Morgan fingerprint density at radius 1 is 0.646 bits per heavy atom. The van der Waals surface area contributed by atoms with E-state index in [0.29, 0.717) is 59.0 Å². The Morgan fingerprint density at radius 2 is 1.05 bits per heavy atom. The standard InChI is InChI=1S/C24H32N2O7.C23H30N2O7/c1-8-31-20-12-19(16-9-10-18(29-6)14(2)21(16)25-20)32-15-11-17(22(27)30-7)26(13-15)23(28)33-24(3,4)5;1-7-30-19-11-18(15-8-9-17(29-6)13(2)20(15)24-19)31-14-10-16(21(26)27)25(12-14)22(28)32-23(3,4)5/h9-10,12,15,17H,8,11,13H2,1-7H3;8-9,11,14,16H,7,10,12H2,1-6H3,(H,26,27)/t15-,17+;14-,16+/m11/s1. The summed E-state index contributed by atoms with van der Waals surface area (Å²) in [5, 5.41) is 11.2. The normalized spacial score (nSPS) is 18.4. The predicted octanol–water partition coefficient (Wildman–Crippen LogP) is 7.67. The summed E-state index contributed by atoms with van der Waals surface area (Å²) in [5.41, 5.74) is 1.63. The first kappa shape index (κ1) is 49.6. The first-order chi connectivity index (χ1) is 30.6. The summed E-state index contributed by atoms with van der Waals surface area (Å²) in [6.07, 6.45) is -1.84. The van der Waals surface area contributed by atoms with Crippen molar-refractivity contribution in [2.75, 3.05) is 47.6 Å². The molecule has 2 fully saturated rings. The number of aryl methyl sites for hydroxylation is 2. The number of methoxy groups -OCH3 is 3. The Kier molecular flexibility index (Phi) is 15.7. The maximum Gasteiger partial charge on any atom is 0.411 e. The number of aliphatic carboxylic acids is 1. The molecule has 6 rings (SSSR count). The van der Waals surface area contributed by atoms with E-state index in [-0.39, 0.29) is 25.9 Å². The van der Waals surface area contributed by atoms with E-state index in [2.05, 4.69) is 9.97 Å². The van der Waals surface area contributed by atoms with Crippen LogP contribution >= 0.6 is 0 Å². The highest BCUT2D eigenvalue weighted by molar-refractivity contribution is 5.91. The van der Waals surface area contributed by atoms with Gasteiger partial charge in [-0.2, -0.15) is 0 Å². The molecule has 0 radical (unpaired) electrons. The fourth-order valence-electron chi connectivity index (χ4n) is 7.56. The van der Waals surface area contributed by atoms with Crippen molar-refractivity contribution in [3.8, 4) is 34.8 Å². The molecule has 65 heavy (non-hydrogen) atoms. The third-order valence-electron chi connectivity index (χ3n) is 10.4. The lowest BCUT2D eigenvalue weighted by atomic mass is 10.1. The highest BCUT2D eigenvalue weighted by atomic mass is 16.6. The number of ether oxygens (including phenoxy) is 9. The van der Waals surface area contributed by atoms with Gasteiger partial charge < -0.3 is 47.7 Å². The third kappa shape index (κ3) is 12.0. The van der Waals surface area contributed by atoms with Crippen molar-refractivity contribution in [2.45, 2.75) is 118 Å². The lowest BCUT2D eigenvalue weighted by molar-refractivity contribution is -0.145. The van der Waals surface area contributed by atoms with Crippen LogP contribution in [0, 0.1) is 13.8 Å². The quantitative estimate of drug-likeness (QED) is 0.107. The minimum absolute atomic E-state index is 0.0921. The van der Waals surface area contributed by atoms with Crippen LogP contribution in [0.5, 0.6) is 34.8 Å². The van der Waals surface area contributed by atoms with Gasteiger partial charge in [0.05, 0.1) is 58.7 Å². The molecular weight excluding hydrogens is 845 g/mol. The largest absolute Gasteiger partial charge is 0.496 e. The van der Waals surface area contributed by atoms with E-state index in [9.17, 15) is 24.3 Å². The number of fused-ring (bicyclic) bond motifs is 2. The molecule has 0 unspecified atom stereocenters. The number of pyridine rings is 2. The zero-order chi connectivity index (χ0) is 48.0. The van der Waals surface area contributed by atoms with E-state index in [1.165, 1.54) is 16.9 Å². The molecule has 4 aromatic rings. The van der Waals surface area contributed by atoms with E-state index in [4.69, 9.17) is 42.6 Å². The minimum Gasteiger partial charge on any atom is -0.496 e. The van der Waals surface area contributed by atoms with Gasteiger partial charge in [-0.1, -0.05) is 0 Å². The van der Waals surface area contributed by atoms with Crippen molar-refractivity contribution >= 4 is 45.9 Å². The average molecular weight is 907 g/mol. The number of nitrogens with zero attached hydrogens (tertiary/aromatic N) is 4. The van der Waals surface area contributed by atoms with Crippen molar-refractivity contribution in [2.24, 2.45) is 0 Å². The number of likely N-dealkylation sites (tertiary alicyclic amines) is 2. The number of carboxylic acid groups (broad SMARTS) is 1. The van der Waals surface area contributed by atoms with E-state index in [1.807, 2.05) is 52.0 Å². The molecule has 18 heteroatoms. The molecule has 4 atom stereocenters. The number of carbonyl (C=O) groups excluding carboxylic acids is 3. The van der Waals surface area contributed by atoms with Crippen LogP contribution < -0.4 is 28.4 Å². The lowest BCUT2D eigenvalue weighted by Gasteiger charge is -2.27. The summed E-state index contributed by atoms with van der Waals surface area (Å²) in [7, 11) is 4.49. The molecule has 18 nitrogen and oxygen atoms in total. The maximum absolute atomic E-state index is 12.8. The molecule has 2 amide bonds. The van der Waals surface area contributed by atoms with Crippen LogP contribution in [0.2, 0.25) is 0 Å². The number of aromatic nitrogens is 2. The highest BCUT2D eigenvalue weighted by Crippen LogP contribution is 2.38. The Hall–Kier alpha value is -6.46. The zero-order valence-corrected chi connectivity index (χ0v) is 39.6. The fraction of sp³-hybridized carbons (Fsp3) is 0.532. The highest BCUT2D eigenvalue weighted by Gasteiger charge is 2.44. The monoisotopic (exact) mass is 906 g/mol. The van der Waals surface area contributed by atoms with Crippen LogP contribution in [0.4, 0.5) is 9.59 Å². The maximum atomic E-state index is 12.8. The molecule has 0 bridgehead atoms. The van der Waals surface area contributed by atoms with Crippen LogP contribution in [-0.2, 0) is 23.8 Å². The van der Waals surface area contributed by atoms with E-state index < -0.39 is 59.6 Å². The lowest BCUT2D eigenvalue weighted by Crippen LogP contribution is -2.44. The molecule has 1 N–H and O–H groups in total. The first-order valence-electron chi connectivity index (χ1n) is 21.5. The summed E-state index contributed by atoms with van der Waals surface area (Å²) in [4.78, 5) is 61.3. The molecule has 0 spiro atoms. The number of esters is 1. The summed E-state index contributed by atoms with van der Waals surface area (Å²) in [6.45, 7) is 19.2. The summed E-state index contributed by atoms with van der Waals surface area (Å²) in [5.74, 6) is 1.65. The van der Waals surface area contributed by atoms with Crippen molar-refractivity contribution in [1.29, 1.82) is 0 Å². The second kappa shape index (κ2) is 20.6. The number of benzene rings is 2. The Labute approximate surface area is 379 Å². The summed E-state index contributed by atoms with van der Waals surface area (Å²) >= 11 is 0. The molecule has 2 aliphatic heterocycles. The van der Waals surface area contributed by atoms with Gasteiger partial charge >= 0.3 is 24.1 Å². The van der Waals surface area contributed by atoms with Crippen LogP contribution in [0.25, 0.3) is 21.8 Å². The van der Waals surface area contributed by atoms with Gasteiger partial charge in [0.25, 0.3) is 0 Å². The Balaban J connectivity index is 0.000000244. The topological polar surface area (TPSA) is 204 Å². The van der Waals surface area contributed by atoms with Gasteiger partial charge in [-0.15, -0.1) is 0 Å². The average Bonchev–Trinajstić information content (AvgIpc) is 3.86. The van der Waals surface area contributed by atoms with E-state index in [0.717, 1.165) is 21.9 Å². The molecule has 2 aromatic carbocycles. The Bertz CT molecular complexity index is 2380. The van der Waals surface area contributed by atoms with Gasteiger partial charge in [0.1, 0.15) is 58.5 Å². The molecule has 4 heterocycles. The zero-order valence-electron chi connectivity index (χ0n) is 39.6. The molecule has 0 saturated carbocycles. The van der Waals surface area contributed by atoms with Gasteiger partial charge in [-0.25, -0.2) is 29.1 Å². The van der Waals surface area contributed by atoms with Crippen LogP contribution in [0.3, 0.4) is 0 Å². The van der Waals surface area contributed by atoms with Crippen LogP contribution in [0.15, 0.2) is 36.4 Å². The SMILES string of the molecule is CCOc1cc(O[C@@H]2C[C@@H](C(=O)O)N(C(=O)OC(C)(C)C)C2)c2ccc(OC)c(C)c2n1.CCOc1cc(O[C@@H]2C[C@@H](C(=O)OC)N(C(=O)OC(C)(C)C)C2)c2ccc(OC)c(C)c2n1. The second-order valence-corrected chi connectivity index (χ2v) is 17.5. The van der Waals surface area contributed by atoms with Crippen molar-refractivity contribution < 1.29 is 66.9 Å². The Morgan fingerprint density at radius 3 is 1.40 bits per heavy atom. The molecule has 2 saturated heterocycles. The van der Waals surface area contributed by atoms with Gasteiger partial charge in [0.2, 0.25) is 11.8 Å². The van der Waals surface area contributed by atoms with E-state index >= 15 is 0 Å². The van der Waals surface area contributed by atoms with E-state index in [1.54, 1.807) is 67.9 Å². The number of carbonyl (C=O) groups is 4. The summed E-state index contributed by atoms with van der Waals surface area (Å²) < 4.78 is 50.4. The second-order valence-electron chi connectivity index (χ2n) is 17.5.